The molecule has 0 bridgehead atoms. The zero-order valence-electron chi connectivity index (χ0n) is 17.1. The molecule has 1 atom stereocenters. The summed E-state index contributed by atoms with van der Waals surface area (Å²) < 4.78 is 5.90. The highest BCUT2D eigenvalue weighted by atomic mass is 35.5. The number of aromatic nitrogens is 2. The van der Waals surface area contributed by atoms with Crippen LogP contribution in [0, 0.1) is 13.8 Å². The second-order valence-electron chi connectivity index (χ2n) is 7.19. The van der Waals surface area contributed by atoms with Crippen molar-refractivity contribution in [3.63, 3.8) is 0 Å². The summed E-state index contributed by atoms with van der Waals surface area (Å²) in [6, 6.07) is 21.3. The first-order valence-corrected chi connectivity index (χ1v) is 10.2. The van der Waals surface area contributed by atoms with Crippen LogP contribution in [-0.2, 0) is 0 Å². The number of hydrogen-bond donors (Lipinski definition) is 2. The van der Waals surface area contributed by atoms with E-state index in [-0.39, 0.29) is 11.9 Å². The van der Waals surface area contributed by atoms with Gasteiger partial charge in [0.05, 0.1) is 0 Å². The highest BCUT2D eigenvalue weighted by Gasteiger charge is 2.23. The second-order valence-corrected chi connectivity index (χ2v) is 7.63. The molecular formula is C24H21ClN4O2. The molecular weight excluding hydrogens is 412 g/mol. The summed E-state index contributed by atoms with van der Waals surface area (Å²) in [5.74, 6) is 0.655. The van der Waals surface area contributed by atoms with E-state index in [0.29, 0.717) is 16.6 Å². The molecule has 0 spiro atoms. The second kappa shape index (κ2) is 9.02. The maximum atomic E-state index is 12.8. The predicted octanol–water partition coefficient (Wildman–Crippen LogP) is 5.92. The highest BCUT2D eigenvalue weighted by molar-refractivity contribution is 6.30. The Morgan fingerprint density at radius 1 is 0.935 bits per heavy atom. The highest BCUT2D eigenvalue weighted by Crippen LogP contribution is 2.26. The van der Waals surface area contributed by atoms with Gasteiger partial charge in [-0.3, -0.25) is 0 Å². The van der Waals surface area contributed by atoms with Crippen LogP contribution in [0.3, 0.4) is 0 Å². The summed E-state index contributed by atoms with van der Waals surface area (Å²) in [4.78, 5) is 12.8. The van der Waals surface area contributed by atoms with Crippen molar-refractivity contribution in [1.29, 1.82) is 0 Å². The van der Waals surface area contributed by atoms with Gasteiger partial charge in [-0.25, -0.2) is 4.79 Å². The first kappa shape index (κ1) is 20.6. The van der Waals surface area contributed by atoms with Crippen molar-refractivity contribution in [3.05, 3.63) is 100 Å². The van der Waals surface area contributed by atoms with E-state index in [0.717, 1.165) is 22.3 Å². The van der Waals surface area contributed by atoms with Crippen LogP contribution < -0.4 is 10.6 Å². The SMILES string of the molecule is Cc1ccc(NC(=O)N[C@@H](c2ccc(Cl)cc2)c2nnc(-c3ccccc3)o2)cc1C. The molecule has 4 aromatic rings. The van der Waals surface area contributed by atoms with Crippen LogP contribution >= 0.6 is 11.6 Å². The molecule has 7 heteroatoms. The number of anilines is 1. The number of nitrogens with zero attached hydrogens (tertiary/aromatic N) is 2. The Morgan fingerprint density at radius 3 is 2.39 bits per heavy atom. The number of aryl methyl sites for hydroxylation is 2. The lowest BCUT2D eigenvalue weighted by atomic mass is 10.1. The number of hydrogen-bond acceptors (Lipinski definition) is 4. The number of nitrogens with one attached hydrogen (secondary N) is 2. The summed E-state index contributed by atoms with van der Waals surface area (Å²) in [7, 11) is 0. The molecule has 4 rings (SSSR count). The molecule has 2 N–H and O–H groups in total. The molecule has 0 saturated heterocycles. The van der Waals surface area contributed by atoms with Crippen molar-refractivity contribution in [3.8, 4) is 11.5 Å². The zero-order chi connectivity index (χ0) is 21.8. The minimum Gasteiger partial charge on any atom is -0.418 e. The monoisotopic (exact) mass is 432 g/mol. The Morgan fingerprint density at radius 2 is 1.68 bits per heavy atom. The topological polar surface area (TPSA) is 80.0 Å². The van der Waals surface area contributed by atoms with E-state index >= 15 is 0 Å². The number of amides is 2. The summed E-state index contributed by atoms with van der Waals surface area (Å²) in [6.07, 6.45) is 0. The van der Waals surface area contributed by atoms with E-state index in [1.165, 1.54) is 0 Å². The molecule has 0 aliphatic heterocycles. The molecule has 0 fully saturated rings. The molecule has 0 unspecified atom stereocenters. The molecule has 156 valence electrons. The van der Waals surface area contributed by atoms with Crippen molar-refractivity contribution in [2.75, 3.05) is 5.32 Å². The lowest BCUT2D eigenvalue weighted by Gasteiger charge is -2.17. The first-order valence-electron chi connectivity index (χ1n) is 9.78. The fourth-order valence-corrected chi connectivity index (χ4v) is 3.23. The van der Waals surface area contributed by atoms with Gasteiger partial charge in [0.25, 0.3) is 0 Å². The van der Waals surface area contributed by atoms with Crippen molar-refractivity contribution in [2.45, 2.75) is 19.9 Å². The van der Waals surface area contributed by atoms with Gasteiger partial charge in [0.15, 0.2) is 0 Å². The van der Waals surface area contributed by atoms with Crippen LogP contribution in [0.1, 0.15) is 28.6 Å². The third-order valence-electron chi connectivity index (χ3n) is 4.95. The lowest BCUT2D eigenvalue weighted by Crippen LogP contribution is -2.33. The van der Waals surface area contributed by atoms with Crippen LogP contribution in [0.2, 0.25) is 5.02 Å². The third kappa shape index (κ3) is 4.92. The Balaban J connectivity index is 1.60. The fraction of sp³-hybridized carbons (Fsp3) is 0.125. The minimum atomic E-state index is -0.645. The van der Waals surface area contributed by atoms with E-state index in [4.69, 9.17) is 16.0 Å². The van der Waals surface area contributed by atoms with Crippen molar-refractivity contribution >= 4 is 23.3 Å². The Labute approximate surface area is 185 Å². The molecule has 3 aromatic carbocycles. The van der Waals surface area contributed by atoms with Crippen LogP contribution in [0.5, 0.6) is 0 Å². The zero-order valence-corrected chi connectivity index (χ0v) is 17.9. The van der Waals surface area contributed by atoms with Gasteiger partial charge in [-0.05, 0) is 66.9 Å². The molecule has 0 radical (unpaired) electrons. The molecule has 31 heavy (non-hydrogen) atoms. The summed E-state index contributed by atoms with van der Waals surface area (Å²) in [5, 5.41) is 14.7. The largest absolute Gasteiger partial charge is 0.418 e. The van der Waals surface area contributed by atoms with Crippen LogP contribution in [0.4, 0.5) is 10.5 Å². The molecule has 2 amide bonds. The quantitative estimate of drug-likeness (QED) is 0.410. The first-order chi connectivity index (χ1) is 15.0. The number of rotatable bonds is 5. The minimum absolute atomic E-state index is 0.274. The molecule has 6 nitrogen and oxygen atoms in total. The predicted molar refractivity (Wildman–Crippen MR) is 121 cm³/mol. The summed E-state index contributed by atoms with van der Waals surface area (Å²) in [6.45, 7) is 4.02. The normalized spacial score (nSPS) is 11.7. The van der Waals surface area contributed by atoms with Gasteiger partial charge < -0.3 is 15.1 Å². The smallest absolute Gasteiger partial charge is 0.320 e. The molecule has 0 saturated carbocycles. The number of carbonyl (C=O) groups is 1. The fourth-order valence-electron chi connectivity index (χ4n) is 3.11. The van der Waals surface area contributed by atoms with Gasteiger partial charge in [-0.1, -0.05) is 48.0 Å². The third-order valence-corrected chi connectivity index (χ3v) is 5.20. The molecule has 0 aliphatic carbocycles. The van der Waals surface area contributed by atoms with E-state index in [9.17, 15) is 4.79 Å². The Hall–Kier alpha value is -3.64. The van der Waals surface area contributed by atoms with Gasteiger partial charge in [0.2, 0.25) is 11.8 Å². The molecule has 0 aliphatic rings. The number of urea groups is 1. The van der Waals surface area contributed by atoms with E-state index in [1.54, 1.807) is 12.1 Å². The van der Waals surface area contributed by atoms with Crippen LogP contribution in [0.25, 0.3) is 11.5 Å². The summed E-state index contributed by atoms with van der Waals surface area (Å²) in [5.41, 5.74) is 4.52. The molecule has 1 heterocycles. The maximum absolute atomic E-state index is 12.8. The van der Waals surface area contributed by atoms with Crippen LogP contribution in [-0.4, -0.2) is 16.2 Å². The van der Waals surface area contributed by atoms with Gasteiger partial charge in [0, 0.05) is 16.3 Å². The van der Waals surface area contributed by atoms with Crippen molar-refractivity contribution in [1.82, 2.24) is 15.5 Å². The molecule has 1 aromatic heterocycles. The van der Waals surface area contributed by atoms with E-state index in [1.807, 2.05) is 74.5 Å². The number of carbonyl (C=O) groups excluding carboxylic acids is 1. The van der Waals surface area contributed by atoms with E-state index in [2.05, 4.69) is 20.8 Å². The van der Waals surface area contributed by atoms with Gasteiger partial charge in [-0.15, -0.1) is 10.2 Å². The maximum Gasteiger partial charge on any atom is 0.320 e. The lowest BCUT2D eigenvalue weighted by molar-refractivity contribution is 0.248. The van der Waals surface area contributed by atoms with Gasteiger partial charge >= 0.3 is 6.03 Å². The van der Waals surface area contributed by atoms with Gasteiger partial charge in [0.1, 0.15) is 6.04 Å². The van der Waals surface area contributed by atoms with Gasteiger partial charge in [-0.2, -0.15) is 0 Å². The van der Waals surface area contributed by atoms with E-state index < -0.39 is 6.04 Å². The van der Waals surface area contributed by atoms with Crippen molar-refractivity contribution in [2.24, 2.45) is 0 Å². The average molecular weight is 433 g/mol. The van der Waals surface area contributed by atoms with Crippen LogP contribution in [0.15, 0.2) is 77.2 Å². The summed E-state index contributed by atoms with van der Waals surface area (Å²) >= 11 is 6.04. The standard InChI is InChI=1S/C24H21ClN4O2/c1-15-8-13-20(14-16(15)2)26-24(30)27-21(17-9-11-19(25)12-10-17)23-29-28-22(31-23)18-6-4-3-5-7-18/h3-14,21H,1-2H3,(H2,26,27,30)/t21-/m0/s1. The van der Waals surface area contributed by atoms with Crippen molar-refractivity contribution < 1.29 is 9.21 Å². The Kier molecular flexibility index (Phi) is 6.00. The number of halogens is 1. The Bertz CT molecular complexity index is 1190. The average Bonchev–Trinajstić information content (AvgIpc) is 3.26. The number of benzene rings is 3.